The Morgan fingerprint density at radius 1 is 1.44 bits per heavy atom. The summed E-state index contributed by atoms with van der Waals surface area (Å²) >= 11 is 0. The lowest BCUT2D eigenvalue weighted by molar-refractivity contribution is -0.00000196. The Morgan fingerprint density at radius 2 is 2.00 bits per heavy atom. The molecular weight excluding hydrogens is 134 g/mol. The summed E-state index contributed by atoms with van der Waals surface area (Å²) in [6.07, 6.45) is 2.82. The Bertz CT molecular complexity index is 67.3. The molecule has 0 aliphatic heterocycles. The maximum atomic E-state index is 3.46. The van der Waals surface area contributed by atoms with Crippen LogP contribution in [-0.2, 0) is 0 Å². The van der Waals surface area contributed by atoms with Gasteiger partial charge >= 0.3 is 0 Å². The van der Waals surface area contributed by atoms with E-state index in [0.29, 0.717) is 0 Å². The molecule has 0 heterocycles. The van der Waals surface area contributed by atoms with E-state index in [1.165, 1.54) is 19.4 Å². The van der Waals surface area contributed by atoms with E-state index in [2.05, 4.69) is 19.2 Å². The molecule has 1 nitrogen and oxygen atoms in total. The van der Waals surface area contributed by atoms with Crippen molar-refractivity contribution in [2.75, 3.05) is 6.54 Å². The summed E-state index contributed by atoms with van der Waals surface area (Å²) in [5.41, 5.74) is 0. The van der Waals surface area contributed by atoms with Crippen molar-refractivity contribution in [3.8, 4) is 0 Å². The van der Waals surface area contributed by atoms with Crippen LogP contribution in [0.5, 0.6) is 0 Å². The van der Waals surface area contributed by atoms with Crippen molar-refractivity contribution in [2.24, 2.45) is 5.92 Å². The molecule has 0 aromatic carbocycles. The van der Waals surface area contributed by atoms with Gasteiger partial charge in [-0.1, -0.05) is 13.8 Å². The molecule has 56 valence electrons. The van der Waals surface area contributed by atoms with Crippen LogP contribution in [0.25, 0.3) is 0 Å². The lowest BCUT2D eigenvalue weighted by Gasteiger charge is -2.03. The Hall–Kier alpha value is 0.250. The Labute approximate surface area is 63.6 Å². The minimum absolute atomic E-state index is 0. The molecule has 1 saturated carbocycles. The molecular formula is C7H15ClN-. The molecule has 1 N–H and O–H groups in total. The van der Waals surface area contributed by atoms with Crippen molar-refractivity contribution < 1.29 is 12.4 Å². The predicted molar refractivity (Wildman–Crippen MR) is 35.9 cm³/mol. The van der Waals surface area contributed by atoms with Gasteiger partial charge < -0.3 is 17.7 Å². The number of halogens is 1. The van der Waals surface area contributed by atoms with E-state index in [1.807, 2.05) is 0 Å². The number of hydrogen-bond acceptors (Lipinski definition) is 1. The molecule has 0 radical (unpaired) electrons. The van der Waals surface area contributed by atoms with E-state index >= 15 is 0 Å². The molecule has 0 saturated heterocycles. The van der Waals surface area contributed by atoms with Crippen LogP contribution >= 0.6 is 0 Å². The van der Waals surface area contributed by atoms with Crippen molar-refractivity contribution in [2.45, 2.75) is 32.7 Å². The van der Waals surface area contributed by atoms with E-state index in [1.54, 1.807) is 0 Å². The zero-order valence-corrected chi connectivity index (χ0v) is 6.91. The van der Waals surface area contributed by atoms with Crippen molar-refractivity contribution >= 4 is 0 Å². The van der Waals surface area contributed by atoms with E-state index in [4.69, 9.17) is 0 Å². The SMILES string of the molecule is CC(C)CNC1CC1.[Cl-]. The minimum Gasteiger partial charge on any atom is -1.00 e. The molecule has 2 heteroatoms. The summed E-state index contributed by atoms with van der Waals surface area (Å²) in [5.74, 6) is 0.815. The van der Waals surface area contributed by atoms with E-state index in [0.717, 1.165) is 12.0 Å². The average molecular weight is 149 g/mol. The Morgan fingerprint density at radius 3 is 2.33 bits per heavy atom. The predicted octanol–water partition coefficient (Wildman–Crippen LogP) is -1.60. The lowest BCUT2D eigenvalue weighted by atomic mass is 10.2. The van der Waals surface area contributed by atoms with Crippen LogP contribution in [0.15, 0.2) is 0 Å². The fraction of sp³-hybridized carbons (Fsp3) is 1.00. The molecule has 0 aromatic heterocycles. The normalized spacial score (nSPS) is 17.7. The summed E-state index contributed by atoms with van der Waals surface area (Å²) in [5, 5.41) is 3.46. The molecule has 1 fully saturated rings. The largest absolute Gasteiger partial charge is 1.00 e. The van der Waals surface area contributed by atoms with Gasteiger partial charge in [0.1, 0.15) is 0 Å². The molecule has 0 amide bonds. The average Bonchev–Trinajstić information content (AvgIpc) is 2.41. The van der Waals surface area contributed by atoms with Crippen LogP contribution in [0, 0.1) is 5.92 Å². The van der Waals surface area contributed by atoms with Crippen LogP contribution in [-0.4, -0.2) is 12.6 Å². The number of nitrogens with one attached hydrogen (secondary N) is 1. The van der Waals surface area contributed by atoms with Crippen LogP contribution in [0.4, 0.5) is 0 Å². The van der Waals surface area contributed by atoms with Gasteiger partial charge in [-0.2, -0.15) is 0 Å². The van der Waals surface area contributed by atoms with Crippen LogP contribution in [0.2, 0.25) is 0 Å². The third-order valence-electron chi connectivity index (χ3n) is 1.39. The van der Waals surface area contributed by atoms with Crippen molar-refractivity contribution in [1.82, 2.24) is 5.32 Å². The van der Waals surface area contributed by atoms with Gasteiger partial charge in [0.2, 0.25) is 0 Å². The zero-order chi connectivity index (χ0) is 5.98. The lowest BCUT2D eigenvalue weighted by Crippen LogP contribution is -3.00. The van der Waals surface area contributed by atoms with Gasteiger partial charge in [-0.15, -0.1) is 0 Å². The maximum Gasteiger partial charge on any atom is 0.00683 e. The molecule has 0 spiro atoms. The molecule has 0 atom stereocenters. The standard InChI is InChI=1S/C7H15N.ClH/c1-6(2)5-8-7-3-4-7;/h6-8H,3-5H2,1-2H3;1H/p-1. The van der Waals surface area contributed by atoms with Gasteiger partial charge in [-0.05, 0) is 25.3 Å². The molecule has 0 bridgehead atoms. The summed E-state index contributed by atoms with van der Waals surface area (Å²) in [6, 6.07) is 0.886. The molecule has 9 heavy (non-hydrogen) atoms. The van der Waals surface area contributed by atoms with E-state index in [9.17, 15) is 0 Å². The highest BCUT2D eigenvalue weighted by atomic mass is 35.5. The monoisotopic (exact) mass is 148 g/mol. The quantitative estimate of drug-likeness (QED) is 0.509. The second kappa shape index (κ2) is 4.13. The summed E-state index contributed by atoms with van der Waals surface area (Å²) in [4.78, 5) is 0. The minimum atomic E-state index is 0. The van der Waals surface area contributed by atoms with Gasteiger partial charge in [-0.25, -0.2) is 0 Å². The maximum absolute atomic E-state index is 3.46. The third kappa shape index (κ3) is 4.73. The second-order valence-electron chi connectivity index (χ2n) is 3.08. The van der Waals surface area contributed by atoms with Gasteiger partial charge in [0.05, 0.1) is 0 Å². The first-order chi connectivity index (χ1) is 3.79. The van der Waals surface area contributed by atoms with Crippen LogP contribution < -0.4 is 17.7 Å². The summed E-state index contributed by atoms with van der Waals surface area (Å²) < 4.78 is 0. The summed E-state index contributed by atoms with van der Waals surface area (Å²) in [6.45, 7) is 5.69. The molecule has 1 aliphatic carbocycles. The fourth-order valence-electron chi connectivity index (χ4n) is 0.690. The molecule has 1 rings (SSSR count). The first-order valence-corrected chi connectivity index (χ1v) is 3.52. The van der Waals surface area contributed by atoms with Crippen molar-refractivity contribution in [1.29, 1.82) is 0 Å². The highest BCUT2D eigenvalue weighted by molar-refractivity contribution is 4.80. The molecule has 0 aromatic rings. The Balaban J connectivity index is 0.000000640. The first kappa shape index (κ1) is 9.25. The molecule has 1 aliphatic rings. The highest BCUT2D eigenvalue weighted by Gasteiger charge is 2.19. The van der Waals surface area contributed by atoms with Gasteiger partial charge in [0, 0.05) is 6.04 Å². The smallest absolute Gasteiger partial charge is 0.00683 e. The van der Waals surface area contributed by atoms with Gasteiger partial charge in [0.15, 0.2) is 0 Å². The van der Waals surface area contributed by atoms with E-state index < -0.39 is 0 Å². The third-order valence-corrected chi connectivity index (χ3v) is 1.39. The second-order valence-corrected chi connectivity index (χ2v) is 3.08. The highest BCUT2D eigenvalue weighted by Crippen LogP contribution is 2.18. The van der Waals surface area contributed by atoms with Crippen molar-refractivity contribution in [3.63, 3.8) is 0 Å². The number of rotatable bonds is 3. The summed E-state index contributed by atoms with van der Waals surface area (Å²) in [7, 11) is 0. The zero-order valence-electron chi connectivity index (χ0n) is 6.15. The van der Waals surface area contributed by atoms with Gasteiger partial charge in [0.25, 0.3) is 0 Å². The van der Waals surface area contributed by atoms with Crippen LogP contribution in [0.1, 0.15) is 26.7 Å². The van der Waals surface area contributed by atoms with Crippen LogP contribution in [0.3, 0.4) is 0 Å². The topological polar surface area (TPSA) is 12.0 Å². The van der Waals surface area contributed by atoms with Gasteiger partial charge in [-0.3, -0.25) is 0 Å². The number of hydrogen-bond donors (Lipinski definition) is 1. The fourth-order valence-corrected chi connectivity index (χ4v) is 0.690. The Kier molecular flexibility index (Phi) is 4.24. The first-order valence-electron chi connectivity index (χ1n) is 3.52. The molecule has 0 unspecified atom stereocenters. The van der Waals surface area contributed by atoms with E-state index in [-0.39, 0.29) is 12.4 Å². The van der Waals surface area contributed by atoms with Crippen molar-refractivity contribution in [3.05, 3.63) is 0 Å².